The van der Waals surface area contributed by atoms with Crippen LogP contribution in [0.4, 0.5) is 16.4 Å². The summed E-state index contributed by atoms with van der Waals surface area (Å²) in [6.07, 6.45) is 4.30. The van der Waals surface area contributed by atoms with Gasteiger partial charge in [-0.2, -0.15) is 9.38 Å². The van der Waals surface area contributed by atoms with Crippen molar-refractivity contribution < 1.29 is 19.2 Å². The maximum atomic E-state index is 13.0. The Balaban J connectivity index is 1.39. The average Bonchev–Trinajstić information content (AvgIpc) is 3.34. The summed E-state index contributed by atoms with van der Waals surface area (Å²) in [5.41, 5.74) is -0.581. The monoisotopic (exact) mass is 478 g/mol. The summed E-state index contributed by atoms with van der Waals surface area (Å²) in [4.78, 5) is 45.2. The Bertz CT molecular complexity index is 1040. The van der Waals surface area contributed by atoms with Gasteiger partial charge in [0.2, 0.25) is 11.7 Å². The van der Waals surface area contributed by atoms with Crippen molar-refractivity contribution >= 4 is 39.9 Å². The van der Waals surface area contributed by atoms with Gasteiger partial charge in [0.15, 0.2) is 0 Å². The molecule has 11 nitrogen and oxygen atoms in total. The van der Waals surface area contributed by atoms with Gasteiger partial charge in [-0.1, -0.05) is 11.3 Å². The SMILES string of the molecule is CC(C)(C)OC(=O)N1CCC[C@H](C(=O)N[C@@H]2CCCN(c3nc4sccn4c3[N+](=O)[O-])C2)C1. The van der Waals surface area contributed by atoms with Crippen molar-refractivity contribution in [1.29, 1.82) is 0 Å². The number of hydrogen-bond donors (Lipinski definition) is 1. The van der Waals surface area contributed by atoms with Crippen molar-refractivity contribution in [1.82, 2.24) is 19.6 Å². The van der Waals surface area contributed by atoms with E-state index in [1.807, 2.05) is 25.7 Å². The molecule has 33 heavy (non-hydrogen) atoms. The molecular formula is C21H30N6O5S. The molecule has 2 fully saturated rings. The summed E-state index contributed by atoms with van der Waals surface area (Å²) in [6, 6.07) is -0.137. The number of rotatable bonds is 4. The van der Waals surface area contributed by atoms with E-state index in [0.29, 0.717) is 43.4 Å². The average molecular weight is 479 g/mol. The summed E-state index contributed by atoms with van der Waals surface area (Å²) >= 11 is 1.35. The molecule has 2 amide bonds. The van der Waals surface area contributed by atoms with Gasteiger partial charge >= 0.3 is 11.9 Å². The van der Waals surface area contributed by atoms with E-state index in [2.05, 4.69) is 10.3 Å². The van der Waals surface area contributed by atoms with Gasteiger partial charge in [-0.25, -0.2) is 4.79 Å². The number of ether oxygens (including phenoxy) is 1. The van der Waals surface area contributed by atoms with Crippen LogP contribution in [0.2, 0.25) is 0 Å². The minimum Gasteiger partial charge on any atom is -0.444 e. The molecule has 0 spiro atoms. The number of nitrogens with zero attached hydrogens (tertiary/aromatic N) is 5. The van der Waals surface area contributed by atoms with Crippen LogP contribution in [0.1, 0.15) is 46.5 Å². The minimum atomic E-state index is -0.581. The van der Waals surface area contributed by atoms with Crippen LogP contribution in [0.3, 0.4) is 0 Å². The highest BCUT2D eigenvalue weighted by atomic mass is 32.1. The molecule has 1 N–H and O–H groups in total. The minimum absolute atomic E-state index is 0.0430. The highest BCUT2D eigenvalue weighted by Crippen LogP contribution is 2.32. The molecule has 2 saturated heterocycles. The number of likely N-dealkylation sites (tertiary alicyclic amines) is 1. The molecular weight excluding hydrogens is 448 g/mol. The lowest BCUT2D eigenvalue weighted by Crippen LogP contribution is -2.52. The first-order chi connectivity index (χ1) is 15.6. The zero-order valence-corrected chi connectivity index (χ0v) is 20.0. The van der Waals surface area contributed by atoms with Crippen molar-refractivity contribution in [2.24, 2.45) is 5.92 Å². The van der Waals surface area contributed by atoms with Gasteiger partial charge in [0, 0.05) is 37.6 Å². The van der Waals surface area contributed by atoms with Gasteiger partial charge in [-0.05, 0) is 51.4 Å². The number of carbonyl (C=O) groups is 2. The van der Waals surface area contributed by atoms with Crippen molar-refractivity contribution in [3.05, 3.63) is 21.7 Å². The van der Waals surface area contributed by atoms with E-state index >= 15 is 0 Å². The zero-order chi connectivity index (χ0) is 23.8. The lowest BCUT2D eigenvalue weighted by atomic mass is 9.96. The Morgan fingerprint density at radius 1 is 1.24 bits per heavy atom. The Labute approximate surface area is 195 Å². The Kier molecular flexibility index (Phi) is 6.46. The molecule has 4 rings (SSSR count). The predicted octanol–water partition coefficient (Wildman–Crippen LogP) is 3.04. The first kappa shape index (κ1) is 23.3. The van der Waals surface area contributed by atoms with E-state index in [0.717, 1.165) is 19.3 Å². The molecule has 0 unspecified atom stereocenters. The molecule has 0 aromatic carbocycles. The van der Waals surface area contributed by atoms with E-state index in [1.54, 1.807) is 16.5 Å². The third-order valence-electron chi connectivity index (χ3n) is 5.90. The maximum Gasteiger partial charge on any atom is 0.410 e. The standard InChI is InChI=1S/C21H30N6O5S/c1-21(2,3)32-20(29)25-9-4-6-14(12-25)17(28)22-15-7-5-8-24(13-15)16-18(27(30)31)26-10-11-33-19(26)23-16/h10-11,14-15H,4-9,12-13H2,1-3H3,(H,22,28)/t14-,15+/m0/s1. The number of anilines is 1. The van der Waals surface area contributed by atoms with Crippen LogP contribution < -0.4 is 10.2 Å². The lowest BCUT2D eigenvalue weighted by Gasteiger charge is -2.36. The second-order valence-electron chi connectivity index (χ2n) is 9.63. The molecule has 2 aromatic heterocycles. The highest BCUT2D eigenvalue weighted by molar-refractivity contribution is 7.15. The summed E-state index contributed by atoms with van der Waals surface area (Å²) in [6.45, 7) is 7.48. The van der Waals surface area contributed by atoms with E-state index in [4.69, 9.17) is 4.74 Å². The van der Waals surface area contributed by atoms with E-state index in [-0.39, 0.29) is 23.7 Å². The van der Waals surface area contributed by atoms with Gasteiger partial charge in [0.05, 0.1) is 5.92 Å². The summed E-state index contributed by atoms with van der Waals surface area (Å²) < 4.78 is 6.95. The van der Waals surface area contributed by atoms with Gasteiger partial charge in [0.25, 0.3) is 4.96 Å². The summed E-state index contributed by atoms with van der Waals surface area (Å²) in [5, 5.41) is 16.6. The van der Waals surface area contributed by atoms with Crippen LogP contribution in [0, 0.1) is 16.0 Å². The van der Waals surface area contributed by atoms with Gasteiger partial charge in [-0.3, -0.25) is 4.79 Å². The Hall–Kier alpha value is -2.89. The highest BCUT2D eigenvalue weighted by Gasteiger charge is 2.34. The van der Waals surface area contributed by atoms with Gasteiger partial charge in [0.1, 0.15) is 11.8 Å². The normalized spacial score (nSPS) is 21.8. The van der Waals surface area contributed by atoms with Crippen LogP contribution in [-0.4, -0.2) is 69.0 Å². The molecule has 2 aliphatic heterocycles. The van der Waals surface area contributed by atoms with Crippen LogP contribution >= 0.6 is 11.3 Å². The summed E-state index contributed by atoms with van der Waals surface area (Å²) in [5.74, 6) is -0.0811. The number of imidazole rings is 1. The largest absolute Gasteiger partial charge is 0.444 e. The first-order valence-corrected chi connectivity index (χ1v) is 12.1. The number of nitro groups is 1. The first-order valence-electron chi connectivity index (χ1n) is 11.3. The van der Waals surface area contributed by atoms with Crippen molar-refractivity contribution in [3.63, 3.8) is 0 Å². The Morgan fingerprint density at radius 3 is 2.73 bits per heavy atom. The quantitative estimate of drug-likeness (QED) is 0.529. The van der Waals surface area contributed by atoms with E-state index < -0.39 is 16.6 Å². The Morgan fingerprint density at radius 2 is 2.00 bits per heavy atom. The fourth-order valence-electron chi connectivity index (χ4n) is 4.43. The molecule has 180 valence electrons. The molecule has 2 aliphatic rings. The van der Waals surface area contributed by atoms with E-state index in [9.17, 15) is 19.7 Å². The fourth-order valence-corrected chi connectivity index (χ4v) is 5.14. The van der Waals surface area contributed by atoms with Crippen LogP contribution in [0.5, 0.6) is 0 Å². The van der Waals surface area contributed by atoms with E-state index in [1.165, 1.54) is 15.7 Å². The fraction of sp³-hybridized carbons (Fsp3) is 0.667. The van der Waals surface area contributed by atoms with Crippen LogP contribution in [-0.2, 0) is 9.53 Å². The number of thiazole rings is 1. The van der Waals surface area contributed by atoms with Crippen molar-refractivity contribution in [2.45, 2.75) is 58.1 Å². The number of nitrogens with one attached hydrogen (secondary N) is 1. The number of fused-ring (bicyclic) bond motifs is 1. The second kappa shape index (κ2) is 9.16. The molecule has 0 bridgehead atoms. The smallest absolute Gasteiger partial charge is 0.410 e. The molecule has 4 heterocycles. The third kappa shape index (κ3) is 5.21. The second-order valence-corrected chi connectivity index (χ2v) is 10.5. The van der Waals surface area contributed by atoms with Gasteiger partial charge < -0.3 is 30.0 Å². The van der Waals surface area contributed by atoms with Gasteiger partial charge in [-0.15, -0.1) is 0 Å². The molecule has 0 saturated carbocycles. The number of amides is 2. The molecule has 2 atom stereocenters. The summed E-state index contributed by atoms with van der Waals surface area (Å²) in [7, 11) is 0. The molecule has 0 radical (unpaired) electrons. The molecule has 2 aromatic rings. The predicted molar refractivity (Wildman–Crippen MR) is 124 cm³/mol. The van der Waals surface area contributed by atoms with Crippen LogP contribution in [0.15, 0.2) is 11.6 Å². The van der Waals surface area contributed by atoms with Crippen molar-refractivity contribution in [2.75, 3.05) is 31.1 Å². The van der Waals surface area contributed by atoms with Crippen molar-refractivity contribution in [3.8, 4) is 0 Å². The maximum absolute atomic E-state index is 13.0. The van der Waals surface area contributed by atoms with Crippen LogP contribution in [0.25, 0.3) is 4.96 Å². The topological polar surface area (TPSA) is 122 Å². The number of hydrogen-bond acceptors (Lipinski definition) is 8. The number of aromatic nitrogens is 2. The molecule has 12 heteroatoms. The lowest BCUT2D eigenvalue weighted by molar-refractivity contribution is -0.389. The molecule has 0 aliphatic carbocycles. The zero-order valence-electron chi connectivity index (χ0n) is 19.2. The number of carbonyl (C=O) groups excluding carboxylic acids is 2. The third-order valence-corrected chi connectivity index (χ3v) is 6.66. The number of piperidine rings is 2.